The zero-order valence-electron chi connectivity index (χ0n) is 10.3. The van der Waals surface area contributed by atoms with Gasteiger partial charge in [0.1, 0.15) is 0 Å². The molecule has 0 spiro atoms. The fraction of sp³-hybridized carbons (Fsp3) is 0.182. The van der Waals surface area contributed by atoms with Crippen molar-refractivity contribution in [3.8, 4) is 0 Å². The number of hydrogen-bond donors (Lipinski definition) is 2. The van der Waals surface area contributed by atoms with Crippen LogP contribution in [0.4, 0.5) is 5.69 Å². The molecule has 1 heterocycles. The molecule has 21 heavy (non-hydrogen) atoms. The van der Waals surface area contributed by atoms with E-state index in [1.54, 1.807) is 0 Å². The summed E-state index contributed by atoms with van der Waals surface area (Å²) in [5, 5.41) is 30.8. The molecule has 1 unspecified atom stereocenters. The molecule has 110 valence electrons. The molecule has 1 atom stereocenters. The molecular formula is C11H8BrN3O6. The minimum Gasteiger partial charge on any atom is -0.476 e. The molecule has 0 fully saturated rings. The molecule has 0 aliphatic carbocycles. The van der Waals surface area contributed by atoms with Gasteiger partial charge in [-0.2, -0.15) is 0 Å². The Labute approximate surface area is 125 Å². The van der Waals surface area contributed by atoms with Crippen molar-refractivity contribution in [2.45, 2.75) is 12.5 Å². The molecule has 2 N–H and O–H groups in total. The predicted octanol–water partition coefficient (Wildman–Crippen LogP) is 2.11. The first-order valence-corrected chi connectivity index (χ1v) is 6.41. The Morgan fingerprint density at radius 2 is 2.05 bits per heavy atom. The van der Waals surface area contributed by atoms with Gasteiger partial charge in [0.25, 0.3) is 5.69 Å². The van der Waals surface area contributed by atoms with Gasteiger partial charge in [-0.1, -0.05) is 0 Å². The molecule has 0 aliphatic rings. The smallest absolute Gasteiger partial charge is 0.379 e. The van der Waals surface area contributed by atoms with Crippen molar-refractivity contribution in [2.24, 2.45) is 0 Å². The van der Waals surface area contributed by atoms with Gasteiger partial charge in [-0.15, -0.1) is 0 Å². The van der Waals surface area contributed by atoms with Crippen LogP contribution in [-0.2, 0) is 11.2 Å². The highest BCUT2D eigenvalue weighted by atomic mass is 79.9. The zero-order valence-corrected chi connectivity index (χ0v) is 11.9. The lowest BCUT2D eigenvalue weighted by Crippen LogP contribution is -2.31. The first-order chi connectivity index (χ1) is 9.82. The fourth-order valence-electron chi connectivity index (χ4n) is 2.04. The number of nitrogens with zero attached hydrogens (tertiary/aromatic N) is 2. The summed E-state index contributed by atoms with van der Waals surface area (Å²) in [6, 6.07) is 0.872. The highest BCUT2D eigenvalue weighted by molar-refractivity contribution is 9.10. The van der Waals surface area contributed by atoms with Gasteiger partial charge in [-0.05, 0) is 27.6 Å². The van der Waals surface area contributed by atoms with E-state index in [4.69, 9.17) is 5.11 Å². The first-order valence-electron chi connectivity index (χ1n) is 5.62. The molecule has 0 amide bonds. The molecule has 0 saturated carbocycles. The van der Waals surface area contributed by atoms with Gasteiger partial charge in [0.05, 0.1) is 22.2 Å². The number of benzene rings is 1. The van der Waals surface area contributed by atoms with Crippen LogP contribution in [0, 0.1) is 20.2 Å². The van der Waals surface area contributed by atoms with Gasteiger partial charge in [-0.3, -0.25) is 20.2 Å². The van der Waals surface area contributed by atoms with Gasteiger partial charge in [0.15, 0.2) is 0 Å². The first kappa shape index (κ1) is 14.9. The highest BCUT2D eigenvalue weighted by Gasteiger charge is 2.32. The number of carbonyl (C=O) groups is 1. The van der Waals surface area contributed by atoms with Crippen molar-refractivity contribution in [3.05, 3.63) is 48.6 Å². The molecule has 0 aliphatic heterocycles. The van der Waals surface area contributed by atoms with Gasteiger partial charge >= 0.3 is 12.0 Å². The van der Waals surface area contributed by atoms with E-state index in [0.29, 0.717) is 9.99 Å². The molecule has 10 heteroatoms. The third-order valence-corrected chi connectivity index (χ3v) is 3.65. The van der Waals surface area contributed by atoms with E-state index in [9.17, 15) is 25.0 Å². The number of aromatic nitrogens is 1. The molecule has 2 rings (SSSR count). The van der Waals surface area contributed by atoms with E-state index in [2.05, 4.69) is 20.9 Å². The van der Waals surface area contributed by atoms with E-state index in [0.717, 1.165) is 0 Å². The van der Waals surface area contributed by atoms with Gasteiger partial charge in [-0.25, -0.2) is 4.79 Å². The van der Waals surface area contributed by atoms with Crippen molar-refractivity contribution >= 4 is 38.5 Å². The lowest BCUT2D eigenvalue weighted by Gasteiger charge is -2.04. The number of nitrogens with one attached hydrogen (secondary N) is 1. The summed E-state index contributed by atoms with van der Waals surface area (Å²) in [6.45, 7) is 0. The second-order valence-electron chi connectivity index (χ2n) is 4.23. The summed E-state index contributed by atoms with van der Waals surface area (Å²) in [6.07, 6.45) is 0.904. The third kappa shape index (κ3) is 2.70. The summed E-state index contributed by atoms with van der Waals surface area (Å²) >= 11 is 3.21. The molecule has 9 nitrogen and oxygen atoms in total. The second kappa shape index (κ2) is 5.48. The summed E-state index contributed by atoms with van der Waals surface area (Å²) in [4.78, 5) is 33.9. The molecule has 0 saturated heterocycles. The van der Waals surface area contributed by atoms with E-state index >= 15 is 0 Å². The van der Waals surface area contributed by atoms with Gasteiger partial charge in [0, 0.05) is 21.7 Å². The monoisotopic (exact) mass is 357 g/mol. The van der Waals surface area contributed by atoms with Crippen molar-refractivity contribution in [2.75, 3.05) is 0 Å². The molecule has 1 aromatic carbocycles. The van der Waals surface area contributed by atoms with E-state index in [1.807, 2.05) is 0 Å². The number of carboxylic acid groups (broad SMARTS) is 1. The summed E-state index contributed by atoms with van der Waals surface area (Å²) in [7, 11) is 0. The van der Waals surface area contributed by atoms with Crippen LogP contribution in [0.25, 0.3) is 10.9 Å². The Kier molecular flexibility index (Phi) is 3.89. The van der Waals surface area contributed by atoms with E-state index in [1.165, 1.54) is 18.3 Å². The number of carboxylic acids is 1. The zero-order chi connectivity index (χ0) is 15.7. The Bertz CT molecular complexity index is 742. The maximum absolute atomic E-state index is 11.1. The van der Waals surface area contributed by atoms with E-state index < -0.39 is 28.3 Å². The fourth-order valence-corrected chi connectivity index (χ4v) is 2.48. The topological polar surface area (TPSA) is 139 Å². The van der Waals surface area contributed by atoms with Crippen molar-refractivity contribution in [1.29, 1.82) is 0 Å². The Morgan fingerprint density at radius 3 is 2.57 bits per heavy atom. The number of hydrogen-bond acceptors (Lipinski definition) is 5. The standard InChI is InChI=1S/C11H8BrN3O6/c12-6-1-2-7(14(18)19)9-5(4-13-10(6)9)3-8(11(16)17)15(20)21/h1-2,4,8,13H,3H2,(H,16,17). The number of nitro benzene ring substituents is 1. The van der Waals surface area contributed by atoms with Crippen LogP contribution >= 0.6 is 15.9 Å². The molecule has 2 aromatic rings. The maximum Gasteiger partial charge on any atom is 0.379 e. The van der Waals surface area contributed by atoms with Crippen molar-refractivity contribution < 1.29 is 19.7 Å². The molecule has 0 bridgehead atoms. The number of halogens is 1. The lowest BCUT2D eigenvalue weighted by atomic mass is 10.0. The predicted molar refractivity (Wildman–Crippen MR) is 74.8 cm³/mol. The summed E-state index contributed by atoms with van der Waals surface area (Å²) in [5.74, 6) is -1.59. The molecule has 0 radical (unpaired) electrons. The van der Waals surface area contributed by atoms with Crippen molar-refractivity contribution in [1.82, 2.24) is 4.98 Å². The summed E-state index contributed by atoms with van der Waals surface area (Å²) < 4.78 is 0.544. The number of aromatic amines is 1. The van der Waals surface area contributed by atoms with Crippen LogP contribution in [0.15, 0.2) is 22.8 Å². The Balaban J connectivity index is 2.60. The number of nitro groups is 2. The van der Waals surface area contributed by atoms with Crippen LogP contribution in [0.1, 0.15) is 5.56 Å². The quantitative estimate of drug-likeness (QED) is 0.620. The molecule has 1 aromatic heterocycles. The van der Waals surface area contributed by atoms with Gasteiger partial charge < -0.3 is 10.1 Å². The van der Waals surface area contributed by atoms with Crippen LogP contribution in [0.2, 0.25) is 0 Å². The van der Waals surface area contributed by atoms with Crippen LogP contribution in [-0.4, -0.2) is 31.9 Å². The SMILES string of the molecule is O=C(O)C(Cc1c[nH]c2c(Br)ccc([N+](=O)[O-])c12)[N+](=O)[O-]. The average molecular weight is 358 g/mol. The number of fused-ring (bicyclic) bond motifs is 1. The van der Waals surface area contributed by atoms with E-state index in [-0.39, 0.29) is 16.6 Å². The van der Waals surface area contributed by atoms with Gasteiger partial charge in [0.2, 0.25) is 0 Å². The number of rotatable bonds is 5. The minimum atomic E-state index is -1.86. The van der Waals surface area contributed by atoms with Crippen LogP contribution in [0.5, 0.6) is 0 Å². The number of aliphatic carboxylic acids is 1. The third-order valence-electron chi connectivity index (χ3n) is 2.99. The number of non-ortho nitro benzene ring substituents is 1. The Morgan fingerprint density at radius 1 is 1.38 bits per heavy atom. The largest absolute Gasteiger partial charge is 0.476 e. The Hall–Kier alpha value is -2.49. The highest BCUT2D eigenvalue weighted by Crippen LogP contribution is 2.34. The lowest BCUT2D eigenvalue weighted by molar-refractivity contribution is -0.509. The maximum atomic E-state index is 11.1. The summed E-state index contributed by atoms with van der Waals surface area (Å²) in [5.41, 5.74) is 0.366. The second-order valence-corrected chi connectivity index (χ2v) is 5.09. The van der Waals surface area contributed by atoms with Crippen LogP contribution in [0.3, 0.4) is 0 Å². The van der Waals surface area contributed by atoms with Crippen molar-refractivity contribution in [3.63, 3.8) is 0 Å². The normalized spacial score (nSPS) is 12.2. The van der Waals surface area contributed by atoms with Crippen LogP contribution < -0.4 is 0 Å². The molecular weight excluding hydrogens is 350 g/mol. The number of H-pyrrole nitrogens is 1. The average Bonchev–Trinajstić information content (AvgIpc) is 2.80. The minimum absolute atomic E-state index is 0.169.